The van der Waals surface area contributed by atoms with Gasteiger partial charge in [0.1, 0.15) is 0 Å². The van der Waals surface area contributed by atoms with E-state index in [0.29, 0.717) is 17.2 Å². The highest BCUT2D eigenvalue weighted by molar-refractivity contribution is 5.97. The van der Waals surface area contributed by atoms with Crippen molar-refractivity contribution in [2.75, 3.05) is 25.0 Å². The molecule has 1 heterocycles. The molecule has 2 amide bonds. The predicted molar refractivity (Wildman–Crippen MR) is 117 cm³/mol. The molecule has 29 heavy (non-hydrogen) atoms. The van der Waals surface area contributed by atoms with Gasteiger partial charge in [-0.15, -0.1) is 0 Å². The maximum Gasteiger partial charge on any atom is 0.253 e. The number of hydrogen-bond acceptors (Lipinski definition) is 3. The van der Waals surface area contributed by atoms with Crippen LogP contribution in [-0.2, 0) is 4.79 Å². The van der Waals surface area contributed by atoms with Crippen LogP contribution in [0.2, 0.25) is 0 Å². The number of hydrogen-bond donors (Lipinski definition) is 2. The first-order valence-electron chi connectivity index (χ1n) is 10.5. The molecule has 1 aliphatic rings. The lowest BCUT2D eigenvalue weighted by molar-refractivity contribution is -0.115. The van der Waals surface area contributed by atoms with E-state index in [2.05, 4.69) is 36.6 Å². The summed E-state index contributed by atoms with van der Waals surface area (Å²) in [5.74, 6) is 0.608. The Labute approximate surface area is 173 Å². The highest BCUT2D eigenvalue weighted by atomic mass is 16.2. The summed E-state index contributed by atoms with van der Waals surface area (Å²) < 4.78 is 0. The lowest BCUT2D eigenvalue weighted by atomic mass is 9.98. The number of likely N-dealkylation sites (tertiary alicyclic amines) is 1. The Morgan fingerprint density at radius 1 is 1.07 bits per heavy atom. The molecule has 3 rings (SSSR count). The number of anilines is 1. The minimum absolute atomic E-state index is 0.0428. The van der Waals surface area contributed by atoms with Gasteiger partial charge in [0.25, 0.3) is 5.91 Å². The van der Waals surface area contributed by atoms with Crippen molar-refractivity contribution in [3.05, 3.63) is 65.7 Å². The summed E-state index contributed by atoms with van der Waals surface area (Å²) >= 11 is 0. The molecule has 0 radical (unpaired) electrons. The van der Waals surface area contributed by atoms with Gasteiger partial charge in [0, 0.05) is 30.4 Å². The van der Waals surface area contributed by atoms with Gasteiger partial charge in [-0.3, -0.25) is 9.59 Å². The van der Waals surface area contributed by atoms with Crippen LogP contribution in [0.3, 0.4) is 0 Å². The van der Waals surface area contributed by atoms with Crippen LogP contribution in [0.4, 0.5) is 5.69 Å². The third-order valence-corrected chi connectivity index (χ3v) is 5.58. The molecule has 1 unspecified atom stereocenters. The van der Waals surface area contributed by atoms with E-state index in [1.807, 2.05) is 41.3 Å². The van der Waals surface area contributed by atoms with Gasteiger partial charge in [-0.2, -0.15) is 0 Å². The molecule has 154 valence electrons. The Bertz CT molecular complexity index is 814. The van der Waals surface area contributed by atoms with E-state index in [0.717, 1.165) is 32.4 Å². The Balaban J connectivity index is 1.55. The maximum absolute atomic E-state index is 12.8. The first-order chi connectivity index (χ1) is 14.1. The molecule has 1 aliphatic heterocycles. The molecule has 0 saturated carbocycles. The normalized spacial score (nSPS) is 15.7. The van der Waals surface area contributed by atoms with Gasteiger partial charge in [0.05, 0.1) is 6.54 Å². The molecule has 2 aromatic carbocycles. The number of benzene rings is 2. The quantitative estimate of drug-likeness (QED) is 0.740. The number of nitrogens with one attached hydrogen (secondary N) is 2. The zero-order valence-corrected chi connectivity index (χ0v) is 17.4. The van der Waals surface area contributed by atoms with Gasteiger partial charge in [0.2, 0.25) is 5.91 Å². The van der Waals surface area contributed by atoms with Gasteiger partial charge in [-0.1, -0.05) is 50.2 Å². The van der Waals surface area contributed by atoms with E-state index in [1.165, 1.54) is 5.56 Å². The van der Waals surface area contributed by atoms with Gasteiger partial charge < -0.3 is 15.5 Å². The van der Waals surface area contributed by atoms with Crippen LogP contribution in [0.15, 0.2) is 54.6 Å². The fourth-order valence-corrected chi connectivity index (χ4v) is 3.73. The van der Waals surface area contributed by atoms with Crippen molar-refractivity contribution in [2.24, 2.45) is 5.92 Å². The monoisotopic (exact) mass is 393 g/mol. The smallest absolute Gasteiger partial charge is 0.253 e. The fraction of sp³-hybridized carbons (Fsp3) is 0.417. The highest BCUT2D eigenvalue weighted by Crippen LogP contribution is 2.20. The van der Waals surface area contributed by atoms with Crippen molar-refractivity contribution < 1.29 is 9.59 Å². The molecule has 0 spiro atoms. The van der Waals surface area contributed by atoms with E-state index >= 15 is 0 Å². The van der Waals surface area contributed by atoms with Crippen LogP contribution in [0.25, 0.3) is 0 Å². The minimum atomic E-state index is -0.115. The maximum atomic E-state index is 12.8. The predicted octanol–water partition coefficient (Wildman–Crippen LogP) is 4.24. The highest BCUT2D eigenvalue weighted by Gasteiger charge is 2.21. The second-order valence-corrected chi connectivity index (χ2v) is 7.86. The third kappa shape index (κ3) is 5.91. The number of piperidine rings is 1. The van der Waals surface area contributed by atoms with Crippen LogP contribution < -0.4 is 10.6 Å². The molecule has 2 N–H and O–H groups in total. The van der Waals surface area contributed by atoms with Crippen LogP contribution in [0.5, 0.6) is 0 Å². The van der Waals surface area contributed by atoms with Gasteiger partial charge in [-0.05, 0) is 48.9 Å². The molecular formula is C24H31N3O2. The van der Waals surface area contributed by atoms with Crippen molar-refractivity contribution in [1.29, 1.82) is 0 Å². The Kier molecular flexibility index (Phi) is 7.42. The van der Waals surface area contributed by atoms with Gasteiger partial charge >= 0.3 is 0 Å². The summed E-state index contributed by atoms with van der Waals surface area (Å²) in [5, 5.41) is 6.22. The van der Waals surface area contributed by atoms with Crippen LogP contribution in [0, 0.1) is 5.92 Å². The minimum Gasteiger partial charge on any atom is -0.339 e. The largest absolute Gasteiger partial charge is 0.339 e. The first kappa shape index (κ1) is 21.1. The average molecular weight is 394 g/mol. The van der Waals surface area contributed by atoms with Crippen molar-refractivity contribution in [1.82, 2.24) is 10.2 Å². The zero-order chi connectivity index (χ0) is 20.6. The molecule has 2 aromatic rings. The lowest BCUT2D eigenvalue weighted by Crippen LogP contribution is -2.37. The average Bonchev–Trinajstić information content (AvgIpc) is 2.75. The molecule has 0 bridgehead atoms. The zero-order valence-electron chi connectivity index (χ0n) is 17.4. The second-order valence-electron chi connectivity index (χ2n) is 7.86. The first-order valence-corrected chi connectivity index (χ1v) is 10.5. The summed E-state index contributed by atoms with van der Waals surface area (Å²) in [6.07, 6.45) is 3.00. The topological polar surface area (TPSA) is 61.4 Å². The Morgan fingerprint density at radius 3 is 2.48 bits per heavy atom. The van der Waals surface area contributed by atoms with Crippen molar-refractivity contribution in [3.8, 4) is 0 Å². The summed E-state index contributed by atoms with van der Waals surface area (Å²) in [7, 11) is 0. The summed E-state index contributed by atoms with van der Waals surface area (Å²) in [6, 6.07) is 17.5. The van der Waals surface area contributed by atoms with E-state index in [4.69, 9.17) is 0 Å². The van der Waals surface area contributed by atoms with Gasteiger partial charge in [0.15, 0.2) is 0 Å². The number of carbonyl (C=O) groups is 2. The molecule has 5 nitrogen and oxygen atoms in total. The van der Waals surface area contributed by atoms with Crippen molar-refractivity contribution in [3.63, 3.8) is 0 Å². The third-order valence-electron chi connectivity index (χ3n) is 5.58. The lowest BCUT2D eigenvalue weighted by Gasteiger charge is -2.30. The van der Waals surface area contributed by atoms with Crippen molar-refractivity contribution >= 4 is 17.5 Å². The number of rotatable bonds is 7. The van der Waals surface area contributed by atoms with Crippen molar-refractivity contribution in [2.45, 2.75) is 39.2 Å². The number of carbonyl (C=O) groups excluding carboxylic acids is 2. The Morgan fingerprint density at radius 2 is 1.79 bits per heavy atom. The fourth-order valence-electron chi connectivity index (χ4n) is 3.73. The van der Waals surface area contributed by atoms with E-state index in [9.17, 15) is 9.59 Å². The molecule has 1 atom stereocenters. The number of amides is 2. The molecule has 5 heteroatoms. The molecule has 0 aliphatic carbocycles. The molecule has 0 aromatic heterocycles. The molecule has 1 fully saturated rings. The molecular weight excluding hydrogens is 362 g/mol. The van der Waals surface area contributed by atoms with E-state index < -0.39 is 0 Å². The molecule has 1 saturated heterocycles. The van der Waals surface area contributed by atoms with Crippen LogP contribution >= 0.6 is 0 Å². The summed E-state index contributed by atoms with van der Waals surface area (Å²) in [5.41, 5.74) is 2.45. The summed E-state index contributed by atoms with van der Waals surface area (Å²) in [6.45, 7) is 6.15. The summed E-state index contributed by atoms with van der Waals surface area (Å²) in [4.78, 5) is 27.1. The van der Waals surface area contributed by atoms with Gasteiger partial charge in [-0.25, -0.2) is 0 Å². The van der Waals surface area contributed by atoms with Crippen LogP contribution in [-0.4, -0.2) is 36.3 Å². The Hall–Kier alpha value is -2.66. The van der Waals surface area contributed by atoms with E-state index in [1.54, 1.807) is 6.07 Å². The van der Waals surface area contributed by atoms with Crippen LogP contribution in [0.1, 0.15) is 55.1 Å². The standard InChI is InChI=1S/C24H31N3O2/c1-3-22(19-8-5-4-6-9-19)25-17-23(28)26-21-11-7-10-20(16-21)24(29)27-14-12-18(2)13-15-27/h4-11,16,18,22,25H,3,12-15,17H2,1-2H3,(H,26,28). The number of nitrogens with zero attached hydrogens (tertiary/aromatic N) is 1. The van der Waals surface area contributed by atoms with E-state index in [-0.39, 0.29) is 24.4 Å². The second kappa shape index (κ2) is 10.2. The SMILES string of the molecule is CCC(NCC(=O)Nc1cccc(C(=O)N2CCC(C)CC2)c1)c1ccccc1.